The number of benzene rings is 3. The maximum absolute atomic E-state index is 13.9. The SMILES string of the molecule is CCCCCCCCCCCCCCCCCC(=O)OCCCCOP(=O)(OCc1ccccc1)OC[C@H](NC(=O)OCc1ccccc1)C(=O)OCc1ccccc1. The lowest BCUT2D eigenvalue weighted by atomic mass is 10.0. The van der Waals surface area contributed by atoms with Gasteiger partial charge in [0.15, 0.2) is 6.04 Å². The minimum Gasteiger partial charge on any atom is -0.466 e. The second-order valence-electron chi connectivity index (χ2n) is 14.8. The van der Waals surface area contributed by atoms with Crippen LogP contribution >= 0.6 is 7.82 Å². The molecule has 1 unspecified atom stereocenters. The van der Waals surface area contributed by atoms with Gasteiger partial charge < -0.3 is 19.5 Å². The van der Waals surface area contributed by atoms with Gasteiger partial charge >= 0.3 is 25.9 Å². The van der Waals surface area contributed by atoms with Gasteiger partial charge in [-0.15, -0.1) is 0 Å². The first-order valence-corrected chi connectivity index (χ1v) is 23.2. The van der Waals surface area contributed by atoms with Crippen molar-refractivity contribution >= 4 is 25.9 Å². The minimum absolute atomic E-state index is 0.0294. The second kappa shape index (κ2) is 31.8. The molecule has 11 nitrogen and oxygen atoms in total. The minimum atomic E-state index is -4.28. The largest absolute Gasteiger partial charge is 0.475 e. The molecule has 326 valence electrons. The van der Waals surface area contributed by atoms with Crippen molar-refractivity contribution in [3.63, 3.8) is 0 Å². The summed E-state index contributed by atoms with van der Waals surface area (Å²) in [5.74, 6) is -1.05. The number of rotatable bonds is 34. The molecule has 1 N–H and O–H groups in total. The van der Waals surface area contributed by atoms with E-state index in [1.54, 1.807) is 36.4 Å². The van der Waals surface area contributed by atoms with Gasteiger partial charge in [-0.25, -0.2) is 14.2 Å². The number of phosphoric ester groups is 1. The first-order valence-electron chi connectivity index (χ1n) is 21.8. The topological polar surface area (TPSA) is 136 Å². The summed E-state index contributed by atoms with van der Waals surface area (Å²) >= 11 is 0. The Kier molecular flexibility index (Phi) is 26.6. The lowest BCUT2D eigenvalue weighted by Gasteiger charge is -2.22. The Balaban J connectivity index is 1.38. The summed E-state index contributed by atoms with van der Waals surface area (Å²) in [6.07, 6.45) is 19.4. The van der Waals surface area contributed by atoms with Gasteiger partial charge in [0.2, 0.25) is 0 Å². The predicted molar refractivity (Wildman–Crippen MR) is 230 cm³/mol. The first kappa shape index (κ1) is 49.3. The third-order valence-electron chi connectivity index (χ3n) is 9.68. The third-order valence-corrected chi connectivity index (χ3v) is 11.1. The molecule has 2 atom stereocenters. The fourth-order valence-electron chi connectivity index (χ4n) is 6.19. The van der Waals surface area contributed by atoms with Gasteiger partial charge in [-0.3, -0.25) is 18.4 Å². The zero-order valence-electron chi connectivity index (χ0n) is 35.2. The Bertz CT molecular complexity index is 1580. The van der Waals surface area contributed by atoms with Gasteiger partial charge in [-0.05, 0) is 36.0 Å². The van der Waals surface area contributed by atoms with Crippen molar-refractivity contribution < 1.29 is 46.7 Å². The predicted octanol–water partition coefficient (Wildman–Crippen LogP) is 12.0. The van der Waals surface area contributed by atoms with E-state index in [1.165, 1.54) is 77.0 Å². The van der Waals surface area contributed by atoms with Crippen LogP contribution in [0.3, 0.4) is 0 Å². The summed E-state index contributed by atoms with van der Waals surface area (Å²) in [5.41, 5.74) is 2.22. The van der Waals surface area contributed by atoms with Crippen LogP contribution in [-0.4, -0.2) is 43.9 Å². The summed E-state index contributed by atoms with van der Waals surface area (Å²) in [6, 6.07) is 25.8. The maximum Gasteiger partial charge on any atom is 0.475 e. The van der Waals surface area contributed by atoms with Crippen LogP contribution in [0, 0.1) is 0 Å². The summed E-state index contributed by atoms with van der Waals surface area (Å²) in [5, 5.41) is 2.47. The molecule has 3 aromatic rings. The molecular formula is C47H68NO10P. The van der Waals surface area contributed by atoms with Gasteiger partial charge in [-0.2, -0.15) is 0 Å². The molecule has 3 rings (SSSR count). The van der Waals surface area contributed by atoms with E-state index in [0.717, 1.165) is 36.0 Å². The van der Waals surface area contributed by atoms with Crippen LogP contribution < -0.4 is 5.32 Å². The molecule has 0 aliphatic rings. The van der Waals surface area contributed by atoms with Crippen molar-refractivity contribution in [3.05, 3.63) is 108 Å². The van der Waals surface area contributed by atoms with Crippen molar-refractivity contribution in [2.45, 2.75) is 148 Å². The van der Waals surface area contributed by atoms with Gasteiger partial charge in [-0.1, -0.05) is 188 Å². The standard InChI is InChI=1S/C47H68NO10P/c1-2-3-4-5-6-7-8-9-10-11-12-13-14-15-25-34-45(49)53-35-26-27-36-56-59(52,57-39-43-32-23-18-24-33-43)58-40-44(46(50)54-37-41-28-19-16-20-29-41)48-47(51)55-38-42-30-21-17-22-31-42/h16-24,28-33,44H,2-15,25-27,34-40H2,1H3,(H,48,51)/t44-,59?/m0/s1. The first-order chi connectivity index (χ1) is 28.9. The lowest BCUT2D eigenvalue weighted by molar-refractivity contribution is -0.148. The van der Waals surface area contributed by atoms with E-state index < -0.39 is 32.5 Å². The zero-order valence-corrected chi connectivity index (χ0v) is 36.1. The molecule has 0 spiro atoms. The van der Waals surface area contributed by atoms with E-state index in [1.807, 2.05) is 54.6 Å². The molecule has 0 saturated carbocycles. The molecule has 0 radical (unpaired) electrons. The molecule has 0 saturated heterocycles. The normalized spacial score (nSPS) is 12.6. The van der Waals surface area contributed by atoms with Crippen molar-refractivity contribution in [1.29, 1.82) is 0 Å². The fraction of sp³-hybridized carbons (Fsp3) is 0.553. The van der Waals surface area contributed by atoms with Gasteiger partial charge in [0.1, 0.15) is 13.2 Å². The number of hydrogen-bond donors (Lipinski definition) is 1. The molecule has 0 aliphatic carbocycles. The van der Waals surface area contributed by atoms with E-state index in [2.05, 4.69) is 12.2 Å². The lowest BCUT2D eigenvalue weighted by Crippen LogP contribution is -2.45. The number of carbonyl (C=O) groups excluding carboxylic acids is 3. The Morgan fingerprint density at radius 3 is 1.49 bits per heavy atom. The molecule has 0 aliphatic heterocycles. The number of unbranched alkanes of at least 4 members (excludes halogenated alkanes) is 15. The van der Waals surface area contributed by atoms with Crippen LogP contribution in [0.25, 0.3) is 0 Å². The van der Waals surface area contributed by atoms with E-state index in [0.29, 0.717) is 19.3 Å². The summed E-state index contributed by atoms with van der Waals surface area (Å²) < 4.78 is 47.1. The zero-order chi connectivity index (χ0) is 42.1. The van der Waals surface area contributed by atoms with Crippen LogP contribution in [-0.2, 0) is 61.8 Å². The average Bonchev–Trinajstić information content (AvgIpc) is 3.26. The molecular weight excluding hydrogens is 769 g/mol. The number of phosphoric acid groups is 1. The van der Waals surface area contributed by atoms with Crippen molar-refractivity contribution in [2.75, 3.05) is 19.8 Å². The summed E-state index contributed by atoms with van der Waals surface area (Å²) in [7, 11) is -4.28. The highest BCUT2D eigenvalue weighted by Gasteiger charge is 2.32. The van der Waals surface area contributed by atoms with Gasteiger partial charge in [0.05, 0.1) is 26.4 Å². The quantitative estimate of drug-likeness (QED) is 0.0268. The van der Waals surface area contributed by atoms with E-state index in [-0.39, 0.29) is 39.0 Å². The van der Waals surface area contributed by atoms with Crippen LogP contribution in [0.1, 0.15) is 139 Å². The van der Waals surface area contributed by atoms with Gasteiger partial charge in [0.25, 0.3) is 0 Å². The number of amides is 1. The number of ether oxygens (including phenoxy) is 3. The molecule has 0 heterocycles. The molecule has 3 aromatic carbocycles. The van der Waals surface area contributed by atoms with Crippen molar-refractivity contribution in [3.8, 4) is 0 Å². The summed E-state index contributed by atoms with van der Waals surface area (Å²) in [4.78, 5) is 38.3. The Labute approximate surface area is 352 Å². The summed E-state index contributed by atoms with van der Waals surface area (Å²) in [6.45, 7) is 1.67. The Morgan fingerprint density at radius 2 is 0.966 bits per heavy atom. The molecule has 1 amide bonds. The third kappa shape index (κ3) is 24.6. The van der Waals surface area contributed by atoms with E-state index in [4.69, 9.17) is 27.8 Å². The van der Waals surface area contributed by atoms with Crippen LogP contribution in [0.4, 0.5) is 4.79 Å². The van der Waals surface area contributed by atoms with E-state index in [9.17, 15) is 18.9 Å². The number of alkyl carbamates (subject to hydrolysis) is 1. The number of esters is 2. The fourth-order valence-corrected chi connectivity index (χ4v) is 7.40. The monoisotopic (exact) mass is 837 g/mol. The van der Waals surface area contributed by atoms with Crippen molar-refractivity contribution in [2.24, 2.45) is 0 Å². The molecule has 0 bridgehead atoms. The van der Waals surface area contributed by atoms with Gasteiger partial charge in [0, 0.05) is 6.42 Å². The molecule has 12 heteroatoms. The van der Waals surface area contributed by atoms with Crippen LogP contribution in [0.2, 0.25) is 0 Å². The Morgan fingerprint density at radius 1 is 0.508 bits per heavy atom. The van der Waals surface area contributed by atoms with Crippen LogP contribution in [0.15, 0.2) is 91.0 Å². The maximum atomic E-state index is 13.9. The Hall–Kier alpha value is -4.02. The van der Waals surface area contributed by atoms with Crippen molar-refractivity contribution in [1.82, 2.24) is 5.32 Å². The van der Waals surface area contributed by atoms with E-state index >= 15 is 0 Å². The number of carbonyl (C=O) groups is 3. The highest BCUT2D eigenvalue weighted by molar-refractivity contribution is 7.48. The number of hydrogen-bond acceptors (Lipinski definition) is 10. The average molecular weight is 838 g/mol. The molecule has 0 fully saturated rings. The molecule has 0 aromatic heterocycles. The highest BCUT2D eigenvalue weighted by Crippen LogP contribution is 2.50. The second-order valence-corrected chi connectivity index (χ2v) is 16.5. The smallest absolute Gasteiger partial charge is 0.466 e. The highest BCUT2D eigenvalue weighted by atomic mass is 31.2. The van der Waals surface area contributed by atoms with Crippen LogP contribution in [0.5, 0.6) is 0 Å². The molecule has 59 heavy (non-hydrogen) atoms. The number of nitrogens with one attached hydrogen (secondary N) is 1.